The lowest BCUT2D eigenvalue weighted by molar-refractivity contribution is 0.277. The van der Waals surface area contributed by atoms with Gasteiger partial charge in [0.2, 0.25) is 0 Å². The van der Waals surface area contributed by atoms with Crippen molar-refractivity contribution in [2.45, 2.75) is 26.3 Å². The van der Waals surface area contributed by atoms with E-state index in [9.17, 15) is 5.11 Å². The number of hydrogen-bond donors (Lipinski definition) is 1. The third-order valence-electron chi connectivity index (χ3n) is 2.55. The smallest absolute Gasteiger partial charge is 0.115 e. The SMILES string of the molecule is CC(C)N(C)CCc1cccc(O)c1. The van der Waals surface area contributed by atoms with Crippen LogP contribution in [0.2, 0.25) is 0 Å². The molecule has 0 saturated heterocycles. The van der Waals surface area contributed by atoms with Gasteiger partial charge in [0, 0.05) is 12.6 Å². The maximum Gasteiger partial charge on any atom is 0.115 e. The standard InChI is InChI=1S/C12H19NO/c1-10(2)13(3)8-7-11-5-4-6-12(14)9-11/h4-6,9-10,14H,7-8H2,1-3H3. The van der Waals surface area contributed by atoms with Gasteiger partial charge in [0.05, 0.1) is 0 Å². The summed E-state index contributed by atoms with van der Waals surface area (Å²) in [5.41, 5.74) is 1.19. The Morgan fingerprint density at radius 1 is 1.36 bits per heavy atom. The number of hydrogen-bond acceptors (Lipinski definition) is 2. The van der Waals surface area contributed by atoms with Crippen molar-refractivity contribution in [1.29, 1.82) is 0 Å². The second-order valence-corrected chi connectivity index (χ2v) is 3.99. The quantitative estimate of drug-likeness (QED) is 0.793. The number of phenols is 1. The monoisotopic (exact) mass is 193 g/mol. The lowest BCUT2D eigenvalue weighted by atomic mass is 10.1. The van der Waals surface area contributed by atoms with Crippen LogP contribution in [0.5, 0.6) is 5.75 Å². The fraction of sp³-hybridized carbons (Fsp3) is 0.500. The molecule has 0 amide bonds. The van der Waals surface area contributed by atoms with Crippen molar-refractivity contribution in [3.8, 4) is 5.75 Å². The number of nitrogens with zero attached hydrogens (tertiary/aromatic N) is 1. The van der Waals surface area contributed by atoms with E-state index >= 15 is 0 Å². The Balaban J connectivity index is 2.45. The second-order valence-electron chi connectivity index (χ2n) is 3.99. The van der Waals surface area contributed by atoms with Crippen molar-refractivity contribution in [3.63, 3.8) is 0 Å². The van der Waals surface area contributed by atoms with Crippen LogP contribution in [0.15, 0.2) is 24.3 Å². The first-order valence-electron chi connectivity index (χ1n) is 5.07. The molecule has 2 heteroatoms. The van der Waals surface area contributed by atoms with Crippen molar-refractivity contribution in [2.24, 2.45) is 0 Å². The van der Waals surface area contributed by atoms with Crippen LogP contribution in [0.3, 0.4) is 0 Å². The fourth-order valence-electron chi connectivity index (χ4n) is 1.28. The van der Waals surface area contributed by atoms with E-state index in [2.05, 4.69) is 25.8 Å². The van der Waals surface area contributed by atoms with Crippen LogP contribution in [0.1, 0.15) is 19.4 Å². The Kier molecular flexibility index (Phi) is 3.96. The van der Waals surface area contributed by atoms with Gasteiger partial charge in [-0.2, -0.15) is 0 Å². The molecule has 0 spiro atoms. The minimum absolute atomic E-state index is 0.356. The first kappa shape index (κ1) is 11.1. The van der Waals surface area contributed by atoms with Gasteiger partial charge in [0.15, 0.2) is 0 Å². The zero-order chi connectivity index (χ0) is 10.6. The molecule has 0 heterocycles. The molecule has 0 bridgehead atoms. The highest BCUT2D eigenvalue weighted by atomic mass is 16.3. The van der Waals surface area contributed by atoms with Gasteiger partial charge in [-0.3, -0.25) is 0 Å². The highest BCUT2D eigenvalue weighted by molar-refractivity contribution is 5.27. The van der Waals surface area contributed by atoms with Crippen molar-refractivity contribution in [1.82, 2.24) is 4.90 Å². The van der Waals surface area contributed by atoms with Crippen LogP contribution in [-0.4, -0.2) is 29.6 Å². The van der Waals surface area contributed by atoms with Gasteiger partial charge in [-0.15, -0.1) is 0 Å². The summed E-state index contributed by atoms with van der Waals surface area (Å²) < 4.78 is 0. The lowest BCUT2D eigenvalue weighted by Crippen LogP contribution is -2.28. The van der Waals surface area contributed by atoms with E-state index in [0.29, 0.717) is 11.8 Å². The Morgan fingerprint density at radius 3 is 2.64 bits per heavy atom. The summed E-state index contributed by atoms with van der Waals surface area (Å²) in [5, 5.41) is 9.27. The molecule has 2 nitrogen and oxygen atoms in total. The molecule has 1 aromatic rings. The molecule has 78 valence electrons. The van der Waals surface area contributed by atoms with Gasteiger partial charge in [-0.1, -0.05) is 12.1 Å². The van der Waals surface area contributed by atoms with Gasteiger partial charge < -0.3 is 10.0 Å². The third kappa shape index (κ3) is 3.38. The van der Waals surface area contributed by atoms with E-state index in [1.807, 2.05) is 18.2 Å². The number of benzene rings is 1. The van der Waals surface area contributed by atoms with E-state index in [1.54, 1.807) is 6.07 Å². The first-order valence-corrected chi connectivity index (χ1v) is 5.07. The number of rotatable bonds is 4. The molecular formula is C12H19NO. The zero-order valence-electron chi connectivity index (χ0n) is 9.20. The molecule has 0 aromatic heterocycles. The molecular weight excluding hydrogens is 174 g/mol. The van der Waals surface area contributed by atoms with E-state index < -0.39 is 0 Å². The summed E-state index contributed by atoms with van der Waals surface area (Å²) >= 11 is 0. The fourth-order valence-corrected chi connectivity index (χ4v) is 1.28. The summed E-state index contributed by atoms with van der Waals surface area (Å²) in [4.78, 5) is 2.30. The highest BCUT2D eigenvalue weighted by Gasteiger charge is 2.03. The van der Waals surface area contributed by atoms with Crippen LogP contribution in [0.4, 0.5) is 0 Å². The molecule has 0 atom stereocenters. The number of likely N-dealkylation sites (N-methyl/N-ethyl adjacent to an activating group) is 1. The molecule has 1 rings (SSSR count). The average molecular weight is 193 g/mol. The molecule has 0 unspecified atom stereocenters. The molecule has 0 radical (unpaired) electrons. The Morgan fingerprint density at radius 2 is 2.07 bits per heavy atom. The van der Waals surface area contributed by atoms with Crippen LogP contribution in [0.25, 0.3) is 0 Å². The molecule has 0 aliphatic carbocycles. The zero-order valence-corrected chi connectivity index (χ0v) is 9.20. The first-order chi connectivity index (χ1) is 6.59. The topological polar surface area (TPSA) is 23.5 Å². The van der Waals surface area contributed by atoms with Crippen molar-refractivity contribution >= 4 is 0 Å². The van der Waals surface area contributed by atoms with Crippen LogP contribution >= 0.6 is 0 Å². The highest BCUT2D eigenvalue weighted by Crippen LogP contribution is 2.11. The molecule has 14 heavy (non-hydrogen) atoms. The molecule has 0 saturated carbocycles. The van der Waals surface area contributed by atoms with Gasteiger partial charge >= 0.3 is 0 Å². The van der Waals surface area contributed by atoms with E-state index in [-0.39, 0.29) is 0 Å². The summed E-state index contributed by atoms with van der Waals surface area (Å²) in [5.74, 6) is 0.356. The molecule has 0 aliphatic rings. The van der Waals surface area contributed by atoms with Gasteiger partial charge in [0.1, 0.15) is 5.75 Å². The summed E-state index contributed by atoms with van der Waals surface area (Å²) in [7, 11) is 2.12. The average Bonchev–Trinajstić information content (AvgIpc) is 2.14. The van der Waals surface area contributed by atoms with Gasteiger partial charge in [-0.25, -0.2) is 0 Å². The maximum atomic E-state index is 9.27. The van der Waals surface area contributed by atoms with Crippen molar-refractivity contribution in [3.05, 3.63) is 29.8 Å². The largest absolute Gasteiger partial charge is 0.508 e. The summed E-state index contributed by atoms with van der Waals surface area (Å²) in [6, 6.07) is 8.05. The van der Waals surface area contributed by atoms with E-state index in [0.717, 1.165) is 13.0 Å². The molecule has 1 N–H and O–H groups in total. The number of aromatic hydroxyl groups is 1. The molecule has 1 aromatic carbocycles. The van der Waals surface area contributed by atoms with E-state index in [1.165, 1.54) is 5.56 Å². The second kappa shape index (κ2) is 5.01. The molecule has 0 aliphatic heterocycles. The Hall–Kier alpha value is -1.02. The Bertz CT molecular complexity index is 283. The van der Waals surface area contributed by atoms with Crippen LogP contribution in [0, 0.1) is 0 Å². The Labute approximate surface area is 86.2 Å². The lowest BCUT2D eigenvalue weighted by Gasteiger charge is -2.20. The third-order valence-corrected chi connectivity index (χ3v) is 2.55. The summed E-state index contributed by atoms with van der Waals surface area (Å²) in [6.07, 6.45) is 0.989. The van der Waals surface area contributed by atoms with Crippen LogP contribution in [-0.2, 0) is 6.42 Å². The summed E-state index contributed by atoms with van der Waals surface area (Å²) in [6.45, 7) is 5.39. The normalized spacial score (nSPS) is 11.2. The minimum Gasteiger partial charge on any atom is -0.508 e. The van der Waals surface area contributed by atoms with Crippen molar-refractivity contribution in [2.75, 3.05) is 13.6 Å². The predicted octanol–water partition coefficient (Wildman–Crippen LogP) is 2.27. The van der Waals surface area contributed by atoms with Crippen LogP contribution < -0.4 is 0 Å². The minimum atomic E-state index is 0.356. The van der Waals surface area contributed by atoms with Gasteiger partial charge in [-0.05, 0) is 45.0 Å². The predicted molar refractivity (Wildman–Crippen MR) is 59.6 cm³/mol. The molecule has 0 fully saturated rings. The van der Waals surface area contributed by atoms with Crippen molar-refractivity contribution < 1.29 is 5.11 Å². The van der Waals surface area contributed by atoms with E-state index in [4.69, 9.17) is 0 Å². The number of phenolic OH excluding ortho intramolecular Hbond substituents is 1. The maximum absolute atomic E-state index is 9.27. The van der Waals surface area contributed by atoms with Gasteiger partial charge in [0.25, 0.3) is 0 Å².